The number of ketones is 1. The minimum Gasteiger partial charge on any atom is -0.496 e. The number of hydrogen-bond acceptors (Lipinski definition) is 3. The number of Topliss-reactive ketones (excluding diaryl/α,β-unsaturated/α-hetero) is 1. The zero-order chi connectivity index (χ0) is 13.2. The molecular formula is C13H17NO3. The fourth-order valence-corrected chi connectivity index (χ4v) is 1.70. The Hall–Kier alpha value is -1.84. The fourth-order valence-electron chi connectivity index (χ4n) is 1.70. The fraction of sp³-hybridized carbons (Fsp3) is 0.385. The van der Waals surface area contributed by atoms with Crippen molar-refractivity contribution in [2.45, 2.75) is 26.7 Å². The summed E-state index contributed by atoms with van der Waals surface area (Å²) in [6, 6.07) is 3.44. The Kier molecular flexibility index (Phi) is 3.89. The van der Waals surface area contributed by atoms with E-state index in [2.05, 4.69) is 0 Å². The average molecular weight is 235 g/mol. The maximum Gasteiger partial charge on any atom is 0.289 e. The van der Waals surface area contributed by atoms with E-state index >= 15 is 0 Å². The molecule has 0 atom stereocenters. The molecule has 0 radical (unpaired) electrons. The highest BCUT2D eigenvalue weighted by molar-refractivity contribution is 6.42. The van der Waals surface area contributed by atoms with Crippen LogP contribution in [0, 0.1) is 6.92 Å². The number of rotatable bonds is 4. The third kappa shape index (κ3) is 2.64. The van der Waals surface area contributed by atoms with E-state index in [1.807, 2.05) is 13.8 Å². The van der Waals surface area contributed by atoms with Crippen molar-refractivity contribution in [3.63, 3.8) is 0 Å². The molecule has 0 saturated heterocycles. The van der Waals surface area contributed by atoms with Crippen LogP contribution in [0.2, 0.25) is 0 Å². The molecule has 1 rings (SSSR count). The number of carbonyl (C=O) groups is 2. The van der Waals surface area contributed by atoms with E-state index in [9.17, 15) is 9.59 Å². The summed E-state index contributed by atoms with van der Waals surface area (Å²) in [4.78, 5) is 22.6. The largest absolute Gasteiger partial charge is 0.496 e. The summed E-state index contributed by atoms with van der Waals surface area (Å²) in [6.45, 7) is 5.74. The highest BCUT2D eigenvalue weighted by Crippen LogP contribution is 2.29. The molecule has 92 valence electrons. The number of carbonyl (C=O) groups excluding carboxylic acids is 2. The van der Waals surface area contributed by atoms with Gasteiger partial charge < -0.3 is 10.5 Å². The first-order valence-electron chi connectivity index (χ1n) is 5.41. The standard InChI is InChI=1S/C13H17NO3/c1-7(2)9-6-10(12(15)13(14)16)8(3)5-11(9)17-4/h5-7H,1-4H3,(H2,14,16). The van der Waals surface area contributed by atoms with Gasteiger partial charge >= 0.3 is 0 Å². The van der Waals surface area contributed by atoms with Crippen molar-refractivity contribution in [3.8, 4) is 5.75 Å². The van der Waals surface area contributed by atoms with Crippen LogP contribution in [-0.2, 0) is 4.79 Å². The molecule has 0 bridgehead atoms. The normalized spacial score (nSPS) is 10.4. The van der Waals surface area contributed by atoms with Gasteiger partial charge in [0.15, 0.2) is 0 Å². The summed E-state index contributed by atoms with van der Waals surface area (Å²) in [7, 11) is 1.58. The van der Waals surface area contributed by atoms with Gasteiger partial charge in [-0.05, 0) is 36.1 Å². The second kappa shape index (κ2) is 4.99. The predicted molar refractivity (Wildman–Crippen MR) is 65.3 cm³/mol. The molecule has 0 aliphatic rings. The van der Waals surface area contributed by atoms with Gasteiger partial charge in [-0.1, -0.05) is 13.8 Å². The molecule has 2 N–H and O–H groups in total. The van der Waals surface area contributed by atoms with Gasteiger partial charge in [0.25, 0.3) is 5.91 Å². The number of methoxy groups -OCH3 is 1. The third-order valence-corrected chi connectivity index (χ3v) is 2.67. The van der Waals surface area contributed by atoms with Crippen molar-refractivity contribution in [1.29, 1.82) is 0 Å². The van der Waals surface area contributed by atoms with Crippen LogP contribution in [0.3, 0.4) is 0 Å². The number of hydrogen-bond donors (Lipinski definition) is 1. The summed E-state index contributed by atoms with van der Waals surface area (Å²) < 4.78 is 5.26. The Balaban J connectivity index is 3.39. The summed E-state index contributed by atoms with van der Waals surface area (Å²) in [5.74, 6) is -0.677. The maximum absolute atomic E-state index is 11.6. The molecule has 0 heterocycles. The zero-order valence-corrected chi connectivity index (χ0v) is 10.5. The number of amides is 1. The zero-order valence-electron chi connectivity index (χ0n) is 10.5. The molecule has 0 saturated carbocycles. The van der Waals surface area contributed by atoms with Crippen molar-refractivity contribution >= 4 is 11.7 Å². The van der Waals surface area contributed by atoms with Crippen LogP contribution in [0.1, 0.15) is 41.3 Å². The third-order valence-electron chi connectivity index (χ3n) is 2.67. The molecule has 0 fully saturated rings. The lowest BCUT2D eigenvalue weighted by Crippen LogP contribution is -2.24. The molecule has 4 heteroatoms. The van der Waals surface area contributed by atoms with E-state index in [-0.39, 0.29) is 5.92 Å². The van der Waals surface area contributed by atoms with Crippen molar-refractivity contribution in [2.75, 3.05) is 7.11 Å². The van der Waals surface area contributed by atoms with Gasteiger partial charge in [-0.15, -0.1) is 0 Å². The van der Waals surface area contributed by atoms with E-state index in [0.717, 1.165) is 11.3 Å². The van der Waals surface area contributed by atoms with Crippen LogP contribution in [-0.4, -0.2) is 18.8 Å². The summed E-state index contributed by atoms with van der Waals surface area (Å²) in [5, 5.41) is 0. The predicted octanol–water partition coefficient (Wildman–Crippen LogP) is 1.80. The molecular weight excluding hydrogens is 218 g/mol. The second-order valence-electron chi connectivity index (χ2n) is 4.26. The highest BCUT2D eigenvalue weighted by atomic mass is 16.5. The maximum atomic E-state index is 11.6. The van der Waals surface area contributed by atoms with E-state index in [1.54, 1.807) is 26.2 Å². The van der Waals surface area contributed by atoms with Crippen LogP contribution >= 0.6 is 0 Å². The number of ether oxygens (including phenoxy) is 1. The van der Waals surface area contributed by atoms with Gasteiger partial charge in [-0.3, -0.25) is 9.59 Å². The molecule has 0 unspecified atom stereocenters. The number of aryl methyl sites for hydroxylation is 1. The molecule has 1 amide bonds. The quantitative estimate of drug-likeness (QED) is 0.639. The monoisotopic (exact) mass is 235 g/mol. The van der Waals surface area contributed by atoms with Crippen LogP contribution < -0.4 is 10.5 Å². The average Bonchev–Trinajstić information content (AvgIpc) is 2.27. The lowest BCUT2D eigenvalue weighted by molar-refractivity contribution is -0.114. The topological polar surface area (TPSA) is 69.4 Å². The molecule has 1 aromatic rings. The Morgan fingerprint density at radius 3 is 2.29 bits per heavy atom. The molecule has 0 spiro atoms. The minimum atomic E-state index is -0.937. The minimum absolute atomic E-state index is 0.199. The van der Waals surface area contributed by atoms with E-state index in [4.69, 9.17) is 10.5 Å². The van der Waals surface area contributed by atoms with E-state index < -0.39 is 11.7 Å². The SMILES string of the molecule is COc1cc(C)c(C(=O)C(N)=O)cc1C(C)C. The molecule has 0 aliphatic heterocycles. The van der Waals surface area contributed by atoms with E-state index in [0.29, 0.717) is 11.1 Å². The molecule has 0 aliphatic carbocycles. The van der Waals surface area contributed by atoms with Crippen molar-refractivity contribution in [2.24, 2.45) is 5.73 Å². The number of benzene rings is 1. The van der Waals surface area contributed by atoms with Crippen LogP contribution in [0.25, 0.3) is 0 Å². The summed E-state index contributed by atoms with van der Waals surface area (Å²) in [5.41, 5.74) is 6.94. The Morgan fingerprint density at radius 1 is 1.29 bits per heavy atom. The lowest BCUT2D eigenvalue weighted by Gasteiger charge is -2.14. The molecule has 4 nitrogen and oxygen atoms in total. The van der Waals surface area contributed by atoms with Gasteiger partial charge in [-0.2, -0.15) is 0 Å². The van der Waals surface area contributed by atoms with Gasteiger partial charge in [0.05, 0.1) is 7.11 Å². The number of nitrogens with two attached hydrogens (primary N) is 1. The Bertz CT molecular complexity index is 464. The van der Waals surface area contributed by atoms with Gasteiger partial charge in [0.2, 0.25) is 5.78 Å². The van der Waals surface area contributed by atoms with Crippen molar-refractivity contribution in [1.82, 2.24) is 0 Å². The van der Waals surface area contributed by atoms with Crippen molar-refractivity contribution in [3.05, 3.63) is 28.8 Å². The van der Waals surface area contributed by atoms with Crippen LogP contribution in [0.15, 0.2) is 12.1 Å². The lowest BCUT2D eigenvalue weighted by atomic mass is 9.94. The van der Waals surface area contributed by atoms with Gasteiger partial charge in [-0.25, -0.2) is 0 Å². The Morgan fingerprint density at radius 2 is 1.88 bits per heavy atom. The molecule has 1 aromatic carbocycles. The van der Waals surface area contributed by atoms with E-state index in [1.165, 1.54) is 0 Å². The van der Waals surface area contributed by atoms with Crippen LogP contribution in [0.5, 0.6) is 5.75 Å². The van der Waals surface area contributed by atoms with Gasteiger partial charge in [0, 0.05) is 5.56 Å². The summed E-state index contributed by atoms with van der Waals surface area (Å²) >= 11 is 0. The van der Waals surface area contributed by atoms with Crippen LogP contribution in [0.4, 0.5) is 0 Å². The Labute approximate surface area is 101 Å². The molecule has 0 aromatic heterocycles. The van der Waals surface area contributed by atoms with Gasteiger partial charge in [0.1, 0.15) is 5.75 Å². The highest BCUT2D eigenvalue weighted by Gasteiger charge is 2.19. The molecule has 17 heavy (non-hydrogen) atoms. The first-order chi connectivity index (χ1) is 7.88. The number of primary amides is 1. The smallest absolute Gasteiger partial charge is 0.289 e. The first kappa shape index (κ1) is 13.2. The second-order valence-corrected chi connectivity index (χ2v) is 4.26. The first-order valence-corrected chi connectivity index (χ1v) is 5.41. The van der Waals surface area contributed by atoms with Crippen molar-refractivity contribution < 1.29 is 14.3 Å². The summed E-state index contributed by atoms with van der Waals surface area (Å²) in [6.07, 6.45) is 0.